The topological polar surface area (TPSA) is 21.7 Å². The zero-order valence-electron chi connectivity index (χ0n) is 13.2. The highest BCUT2D eigenvalue weighted by molar-refractivity contribution is 5.27. The Morgan fingerprint density at radius 2 is 1.82 bits per heavy atom. The van der Waals surface area contributed by atoms with Gasteiger partial charge in [-0.3, -0.25) is 4.90 Å². The third kappa shape index (κ3) is 3.49. The van der Waals surface area contributed by atoms with Gasteiger partial charge in [0.2, 0.25) is 0 Å². The number of morpholine rings is 1. The van der Waals surface area contributed by atoms with Crippen LogP contribution >= 0.6 is 0 Å². The molecule has 2 aromatic rings. The van der Waals surface area contributed by atoms with E-state index < -0.39 is 0 Å². The van der Waals surface area contributed by atoms with Crippen LogP contribution in [-0.2, 0) is 11.3 Å². The first kappa shape index (κ1) is 15.1. The Bertz CT molecular complexity index is 582. The molecule has 1 heterocycles. The number of hydrogen-bond acceptors (Lipinski definition) is 3. The summed E-state index contributed by atoms with van der Waals surface area (Å²) >= 11 is 0. The van der Waals surface area contributed by atoms with E-state index in [0.717, 1.165) is 25.4 Å². The number of benzene rings is 2. The van der Waals surface area contributed by atoms with Gasteiger partial charge in [-0.2, -0.15) is 0 Å². The molecule has 0 amide bonds. The number of hydrogen-bond donors (Lipinski definition) is 0. The molecular weight excluding hydrogens is 274 g/mol. The lowest BCUT2D eigenvalue weighted by Gasteiger charge is -2.38. The average molecular weight is 297 g/mol. The summed E-state index contributed by atoms with van der Waals surface area (Å²) < 4.78 is 11.2. The van der Waals surface area contributed by atoms with Gasteiger partial charge in [0.25, 0.3) is 0 Å². The molecule has 1 aliphatic heterocycles. The average Bonchev–Trinajstić information content (AvgIpc) is 2.58. The minimum absolute atomic E-state index is 0.163. The molecule has 1 fully saturated rings. The molecule has 0 radical (unpaired) electrons. The maximum atomic E-state index is 6.02. The third-order valence-corrected chi connectivity index (χ3v) is 4.28. The van der Waals surface area contributed by atoms with Crippen LogP contribution in [-0.4, -0.2) is 31.2 Å². The van der Waals surface area contributed by atoms with Crippen LogP contribution in [0.1, 0.15) is 24.2 Å². The Morgan fingerprint density at radius 3 is 2.50 bits per heavy atom. The van der Waals surface area contributed by atoms with E-state index in [0.29, 0.717) is 6.04 Å². The Labute approximate surface area is 132 Å². The molecule has 3 nitrogen and oxygen atoms in total. The molecule has 0 saturated carbocycles. The van der Waals surface area contributed by atoms with Crippen molar-refractivity contribution in [2.75, 3.05) is 20.3 Å². The molecule has 0 aromatic heterocycles. The monoisotopic (exact) mass is 297 g/mol. The molecule has 2 atom stereocenters. The first-order valence-corrected chi connectivity index (χ1v) is 7.80. The molecule has 3 rings (SSSR count). The van der Waals surface area contributed by atoms with Crippen molar-refractivity contribution in [3.8, 4) is 5.75 Å². The standard InChI is InChI=1S/C19H23NO2/c1-15-14-22-19(17-6-4-3-5-7-17)13-20(15)12-16-8-10-18(21-2)11-9-16/h3-11,15,19H,12-14H2,1-2H3. The normalized spacial score (nSPS) is 22.5. The molecule has 116 valence electrons. The molecular formula is C19H23NO2. The first-order valence-electron chi connectivity index (χ1n) is 7.80. The summed E-state index contributed by atoms with van der Waals surface area (Å²) in [6.07, 6.45) is 0.163. The van der Waals surface area contributed by atoms with Gasteiger partial charge in [0.15, 0.2) is 0 Å². The molecule has 2 aromatic carbocycles. The van der Waals surface area contributed by atoms with E-state index in [2.05, 4.69) is 48.2 Å². The van der Waals surface area contributed by atoms with Crippen LogP contribution < -0.4 is 4.74 Å². The van der Waals surface area contributed by atoms with Crippen LogP contribution in [0.25, 0.3) is 0 Å². The maximum absolute atomic E-state index is 6.02. The van der Waals surface area contributed by atoms with Crippen molar-refractivity contribution in [1.29, 1.82) is 0 Å². The molecule has 0 bridgehead atoms. The predicted molar refractivity (Wildman–Crippen MR) is 88.0 cm³/mol. The fraction of sp³-hybridized carbons (Fsp3) is 0.368. The fourth-order valence-electron chi connectivity index (χ4n) is 2.86. The lowest BCUT2D eigenvalue weighted by atomic mass is 10.1. The highest BCUT2D eigenvalue weighted by Gasteiger charge is 2.26. The largest absolute Gasteiger partial charge is 0.497 e. The van der Waals surface area contributed by atoms with E-state index in [-0.39, 0.29) is 6.10 Å². The lowest BCUT2D eigenvalue weighted by Crippen LogP contribution is -2.44. The van der Waals surface area contributed by atoms with Gasteiger partial charge in [0.1, 0.15) is 5.75 Å². The van der Waals surface area contributed by atoms with E-state index in [1.807, 2.05) is 18.2 Å². The summed E-state index contributed by atoms with van der Waals surface area (Å²) in [5, 5.41) is 0. The van der Waals surface area contributed by atoms with Gasteiger partial charge in [-0.25, -0.2) is 0 Å². The van der Waals surface area contributed by atoms with Gasteiger partial charge in [-0.1, -0.05) is 42.5 Å². The molecule has 0 N–H and O–H groups in total. The lowest BCUT2D eigenvalue weighted by molar-refractivity contribution is -0.0633. The van der Waals surface area contributed by atoms with Crippen molar-refractivity contribution < 1.29 is 9.47 Å². The number of rotatable bonds is 4. The van der Waals surface area contributed by atoms with E-state index in [1.54, 1.807) is 7.11 Å². The predicted octanol–water partition coefficient (Wildman–Crippen LogP) is 3.66. The minimum atomic E-state index is 0.163. The SMILES string of the molecule is COc1ccc(CN2CC(c3ccccc3)OCC2C)cc1. The highest BCUT2D eigenvalue weighted by Crippen LogP contribution is 2.26. The molecule has 22 heavy (non-hydrogen) atoms. The number of nitrogens with zero attached hydrogens (tertiary/aromatic N) is 1. The van der Waals surface area contributed by atoms with Gasteiger partial charge in [-0.15, -0.1) is 0 Å². The van der Waals surface area contributed by atoms with Crippen molar-refractivity contribution in [3.05, 3.63) is 65.7 Å². The second-order valence-corrected chi connectivity index (χ2v) is 5.86. The summed E-state index contributed by atoms with van der Waals surface area (Å²) in [6, 6.07) is 19.2. The van der Waals surface area contributed by atoms with Crippen molar-refractivity contribution in [2.45, 2.75) is 25.6 Å². The van der Waals surface area contributed by atoms with Crippen LogP contribution in [0.3, 0.4) is 0 Å². The number of ether oxygens (including phenoxy) is 2. The first-order chi connectivity index (χ1) is 10.8. The Kier molecular flexibility index (Phi) is 4.76. The van der Waals surface area contributed by atoms with Crippen LogP contribution in [0.5, 0.6) is 5.75 Å². The van der Waals surface area contributed by atoms with Crippen molar-refractivity contribution in [2.24, 2.45) is 0 Å². The molecule has 2 unspecified atom stereocenters. The van der Waals surface area contributed by atoms with E-state index >= 15 is 0 Å². The summed E-state index contributed by atoms with van der Waals surface area (Å²) in [6.45, 7) is 4.87. The summed E-state index contributed by atoms with van der Waals surface area (Å²) in [4.78, 5) is 2.49. The molecule has 1 aliphatic rings. The Morgan fingerprint density at radius 1 is 1.09 bits per heavy atom. The zero-order valence-corrected chi connectivity index (χ0v) is 13.2. The van der Waals surface area contributed by atoms with Crippen molar-refractivity contribution >= 4 is 0 Å². The molecule has 0 aliphatic carbocycles. The Balaban J connectivity index is 1.68. The fourth-order valence-corrected chi connectivity index (χ4v) is 2.86. The quantitative estimate of drug-likeness (QED) is 0.859. The van der Waals surface area contributed by atoms with Gasteiger partial charge in [0.05, 0.1) is 19.8 Å². The van der Waals surface area contributed by atoms with Gasteiger partial charge in [-0.05, 0) is 30.2 Å². The summed E-state index contributed by atoms with van der Waals surface area (Å²) in [5.41, 5.74) is 2.57. The second kappa shape index (κ2) is 6.95. The zero-order chi connectivity index (χ0) is 15.4. The van der Waals surface area contributed by atoms with Crippen LogP contribution in [0.4, 0.5) is 0 Å². The van der Waals surface area contributed by atoms with Crippen molar-refractivity contribution in [1.82, 2.24) is 4.90 Å². The third-order valence-electron chi connectivity index (χ3n) is 4.28. The highest BCUT2D eigenvalue weighted by atomic mass is 16.5. The van der Waals surface area contributed by atoms with Gasteiger partial charge < -0.3 is 9.47 Å². The Hall–Kier alpha value is -1.84. The molecule has 3 heteroatoms. The maximum Gasteiger partial charge on any atom is 0.118 e. The van der Waals surface area contributed by atoms with Crippen LogP contribution in [0, 0.1) is 0 Å². The van der Waals surface area contributed by atoms with Crippen LogP contribution in [0.2, 0.25) is 0 Å². The van der Waals surface area contributed by atoms with E-state index in [1.165, 1.54) is 11.1 Å². The minimum Gasteiger partial charge on any atom is -0.497 e. The summed E-state index contributed by atoms with van der Waals surface area (Å²) in [7, 11) is 1.70. The number of methoxy groups -OCH3 is 1. The van der Waals surface area contributed by atoms with Crippen molar-refractivity contribution in [3.63, 3.8) is 0 Å². The molecule has 0 spiro atoms. The van der Waals surface area contributed by atoms with Gasteiger partial charge in [0, 0.05) is 19.1 Å². The smallest absolute Gasteiger partial charge is 0.118 e. The second-order valence-electron chi connectivity index (χ2n) is 5.86. The summed E-state index contributed by atoms with van der Waals surface area (Å²) in [5.74, 6) is 0.904. The van der Waals surface area contributed by atoms with Gasteiger partial charge >= 0.3 is 0 Å². The van der Waals surface area contributed by atoms with E-state index in [4.69, 9.17) is 9.47 Å². The molecule has 1 saturated heterocycles. The van der Waals surface area contributed by atoms with E-state index in [9.17, 15) is 0 Å². The van der Waals surface area contributed by atoms with Crippen LogP contribution in [0.15, 0.2) is 54.6 Å².